The van der Waals surface area contributed by atoms with E-state index < -0.39 is 0 Å². The summed E-state index contributed by atoms with van der Waals surface area (Å²) in [5.74, 6) is 0.236. The van der Waals surface area contributed by atoms with Gasteiger partial charge in [-0.2, -0.15) is 0 Å². The molecule has 10 heavy (non-hydrogen) atoms. The Hall–Kier alpha value is -0.370. The molecule has 1 nitrogen and oxygen atoms in total. The number of nitrogens with zero attached hydrogens (tertiary/aromatic N) is 1. The summed E-state index contributed by atoms with van der Waals surface area (Å²) in [5.41, 5.74) is 0. The van der Waals surface area contributed by atoms with E-state index in [1.807, 2.05) is 14.0 Å². The van der Waals surface area contributed by atoms with Crippen molar-refractivity contribution in [1.29, 1.82) is 0 Å². The number of halogens is 1. The van der Waals surface area contributed by atoms with E-state index in [9.17, 15) is 4.39 Å². The summed E-state index contributed by atoms with van der Waals surface area (Å²) in [6, 6.07) is 0. The monoisotopic (exact) mass is 143 g/mol. The zero-order chi connectivity index (χ0) is 7.56. The van der Waals surface area contributed by atoms with Gasteiger partial charge in [0.1, 0.15) is 5.83 Å². The van der Waals surface area contributed by atoms with Gasteiger partial charge >= 0.3 is 0 Å². The van der Waals surface area contributed by atoms with Crippen LogP contribution in [0.3, 0.4) is 0 Å². The van der Waals surface area contributed by atoms with E-state index in [0.717, 1.165) is 19.5 Å². The summed E-state index contributed by atoms with van der Waals surface area (Å²) in [4.78, 5) is 2.14. The molecular weight excluding hydrogens is 129 g/mol. The molecule has 0 saturated heterocycles. The highest BCUT2D eigenvalue weighted by atomic mass is 19.1. The van der Waals surface area contributed by atoms with E-state index in [1.165, 1.54) is 0 Å². The van der Waals surface area contributed by atoms with Crippen molar-refractivity contribution < 1.29 is 4.39 Å². The SMILES string of the molecule is CCC1CN(C)CC=C1F. The minimum Gasteiger partial charge on any atom is -0.302 e. The molecule has 1 rings (SSSR count). The highest BCUT2D eigenvalue weighted by molar-refractivity contribution is 5.03. The summed E-state index contributed by atoms with van der Waals surface area (Å²) >= 11 is 0. The van der Waals surface area contributed by atoms with Crippen LogP contribution < -0.4 is 0 Å². The van der Waals surface area contributed by atoms with Gasteiger partial charge in [0, 0.05) is 19.0 Å². The van der Waals surface area contributed by atoms with Crippen LogP contribution in [0.1, 0.15) is 13.3 Å². The van der Waals surface area contributed by atoms with Crippen molar-refractivity contribution in [2.75, 3.05) is 20.1 Å². The maximum Gasteiger partial charge on any atom is 0.102 e. The summed E-state index contributed by atoms with van der Waals surface area (Å²) in [7, 11) is 2.02. The van der Waals surface area contributed by atoms with Gasteiger partial charge in [0.15, 0.2) is 0 Å². The van der Waals surface area contributed by atoms with E-state index in [-0.39, 0.29) is 11.7 Å². The molecular formula is C8H14FN. The van der Waals surface area contributed by atoms with Crippen molar-refractivity contribution in [2.24, 2.45) is 5.92 Å². The molecule has 0 radical (unpaired) electrons. The summed E-state index contributed by atoms with van der Waals surface area (Å²) < 4.78 is 12.9. The number of hydrogen-bond donors (Lipinski definition) is 0. The Kier molecular flexibility index (Phi) is 2.44. The summed E-state index contributed by atoms with van der Waals surface area (Å²) in [5, 5.41) is 0. The van der Waals surface area contributed by atoms with Crippen LogP contribution in [0.2, 0.25) is 0 Å². The van der Waals surface area contributed by atoms with Gasteiger partial charge in [-0.1, -0.05) is 6.92 Å². The molecule has 1 aliphatic heterocycles. The molecule has 0 aromatic rings. The van der Waals surface area contributed by atoms with Gasteiger partial charge in [-0.05, 0) is 19.5 Å². The maximum atomic E-state index is 12.9. The van der Waals surface area contributed by atoms with Gasteiger partial charge in [-0.15, -0.1) is 0 Å². The molecule has 1 heterocycles. The molecule has 0 amide bonds. The maximum absolute atomic E-state index is 12.9. The minimum atomic E-state index is 0.0839. The first-order chi connectivity index (χ1) is 4.74. The Morgan fingerprint density at radius 2 is 2.50 bits per heavy atom. The third-order valence-electron chi connectivity index (χ3n) is 2.01. The Bertz CT molecular complexity index is 142. The topological polar surface area (TPSA) is 3.24 Å². The zero-order valence-electron chi connectivity index (χ0n) is 6.60. The second-order valence-electron chi connectivity index (χ2n) is 2.92. The quantitative estimate of drug-likeness (QED) is 0.541. The first-order valence-electron chi connectivity index (χ1n) is 3.78. The lowest BCUT2D eigenvalue weighted by molar-refractivity contribution is 0.266. The first-order valence-corrected chi connectivity index (χ1v) is 3.78. The largest absolute Gasteiger partial charge is 0.302 e. The van der Waals surface area contributed by atoms with E-state index in [1.54, 1.807) is 6.08 Å². The third kappa shape index (κ3) is 1.57. The van der Waals surface area contributed by atoms with Gasteiger partial charge in [0.2, 0.25) is 0 Å². The van der Waals surface area contributed by atoms with Crippen LogP contribution in [-0.4, -0.2) is 25.0 Å². The van der Waals surface area contributed by atoms with Crippen molar-refractivity contribution in [3.63, 3.8) is 0 Å². The van der Waals surface area contributed by atoms with Gasteiger partial charge in [-0.25, -0.2) is 4.39 Å². The van der Waals surface area contributed by atoms with E-state index in [0.29, 0.717) is 0 Å². The van der Waals surface area contributed by atoms with Crippen molar-refractivity contribution in [3.05, 3.63) is 11.9 Å². The fourth-order valence-electron chi connectivity index (χ4n) is 1.27. The van der Waals surface area contributed by atoms with Gasteiger partial charge in [-0.3, -0.25) is 0 Å². The molecule has 0 aromatic carbocycles. The average molecular weight is 143 g/mol. The van der Waals surface area contributed by atoms with Crippen molar-refractivity contribution in [2.45, 2.75) is 13.3 Å². The molecule has 1 atom stereocenters. The first kappa shape index (κ1) is 7.73. The number of rotatable bonds is 1. The fraction of sp³-hybridized carbons (Fsp3) is 0.750. The molecule has 0 aromatic heterocycles. The molecule has 0 spiro atoms. The van der Waals surface area contributed by atoms with Crippen LogP contribution in [0.25, 0.3) is 0 Å². The molecule has 1 aliphatic rings. The summed E-state index contributed by atoms with van der Waals surface area (Å²) in [6.07, 6.45) is 2.59. The van der Waals surface area contributed by atoms with Crippen LogP contribution in [-0.2, 0) is 0 Å². The second-order valence-corrected chi connectivity index (χ2v) is 2.92. The van der Waals surface area contributed by atoms with E-state index in [2.05, 4.69) is 4.90 Å². The van der Waals surface area contributed by atoms with E-state index in [4.69, 9.17) is 0 Å². The predicted molar refractivity (Wildman–Crippen MR) is 40.5 cm³/mol. The third-order valence-corrected chi connectivity index (χ3v) is 2.01. The Balaban J connectivity index is 2.56. The van der Waals surface area contributed by atoms with E-state index >= 15 is 0 Å². The smallest absolute Gasteiger partial charge is 0.102 e. The zero-order valence-corrected chi connectivity index (χ0v) is 6.60. The van der Waals surface area contributed by atoms with Crippen LogP contribution in [0, 0.1) is 5.92 Å². The standard InChI is InChI=1S/C8H14FN/c1-3-7-6-10(2)5-4-8(7)9/h4,7H,3,5-6H2,1-2H3. The normalized spacial score (nSPS) is 28.3. The number of likely N-dealkylation sites (N-methyl/N-ethyl adjacent to an activating group) is 1. The second kappa shape index (κ2) is 3.15. The van der Waals surface area contributed by atoms with Crippen LogP contribution in [0.15, 0.2) is 11.9 Å². The highest BCUT2D eigenvalue weighted by Gasteiger charge is 2.18. The lowest BCUT2D eigenvalue weighted by atomic mass is 10.0. The summed E-state index contributed by atoms with van der Waals surface area (Å²) in [6.45, 7) is 3.67. The molecule has 58 valence electrons. The van der Waals surface area contributed by atoms with Crippen molar-refractivity contribution in [1.82, 2.24) is 4.90 Å². The minimum absolute atomic E-state index is 0.0839. The molecule has 0 bridgehead atoms. The van der Waals surface area contributed by atoms with Crippen LogP contribution in [0.5, 0.6) is 0 Å². The van der Waals surface area contributed by atoms with Gasteiger partial charge in [0.05, 0.1) is 0 Å². The molecule has 0 aliphatic carbocycles. The van der Waals surface area contributed by atoms with Crippen LogP contribution >= 0.6 is 0 Å². The van der Waals surface area contributed by atoms with Crippen molar-refractivity contribution in [3.8, 4) is 0 Å². The average Bonchev–Trinajstić information content (AvgIpc) is 1.94. The Morgan fingerprint density at radius 3 is 3.00 bits per heavy atom. The molecule has 1 unspecified atom stereocenters. The van der Waals surface area contributed by atoms with Gasteiger partial charge in [0.25, 0.3) is 0 Å². The van der Waals surface area contributed by atoms with Crippen LogP contribution in [0.4, 0.5) is 4.39 Å². The fourth-order valence-corrected chi connectivity index (χ4v) is 1.27. The highest BCUT2D eigenvalue weighted by Crippen LogP contribution is 2.20. The van der Waals surface area contributed by atoms with Gasteiger partial charge < -0.3 is 4.90 Å². The molecule has 0 fully saturated rings. The van der Waals surface area contributed by atoms with Crippen molar-refractivity contribution >= 4 is 0 Å². The Labute approximate surface area is 61.5 Å². The number of hydrogen-bond acceptors (Lipinski definition) is 1. The lowest BCUT2D eigenvalue weighted by Gasteiger charge is -2.25. The molecule has 0 saturated carbocycles. The Morgan fingerprint density at radius 1 is 1.80 bits per heavy atom. The predicted octanol–water partition coefficient (Wildman–Crippen LogP) is 1.81. The lowest BCUT2D eigenvalue weighted by Crippen LogP contribution is -2.30. The molecule has 2 heteroatoms. The molecule has 0 N–H and O–H groups in total.